The average Bonchev–Trinajstić information content (AvgIpc) is 3.07. The molecule has 0 atom stereocenters. The third kappa shape index (κ3) is 3.16. The van der Waals surface area contributed by atoms with Crippen LogP contribution in [0.1, 0.15) is 13.3 Å². The highest BCUT2D eigenvalue weighted by Gasteiger charge is 2.22. The van der Waals surface area contributed by atoms with E-state index in [2.05, 4.69) is 15.3 Å². The second kappa shape index (κ2) is 6.44. The number of anilines is 1. The van der Waals surface area contributed by atoms with Crippen LogP contribution in [0.3, 0.4) is 0 Å². The first-order chi connectivity index (χ1) is 11.5. The van der Waals surface area contributed by atoms with Crippen molar-refractivity contribution < 1.29 is 14.7 Å². The minimum Gasteiger partial charge on any atom is -0.481 e. The first-order valence-corrected chi connectivity index (χ1v) is 8.15. The lowest BCUT2D eigenvalue weighted by Crippen LogP contribution is -2.19. The number of hydrogen-bond acceptors (Lipinski definition) is 6. The molecular formula is C15H15N5O3S. The molecule has 0 spiro atoms. The lowest BCUT2D eigenvalue weighted by molar-refractivity contribution is -0.133. The van der Waals surface area contributed by atoms with E-state index in [1.54, 1.807) is 23.7 Å². The van der Waals surface area contributed by atoms with Gasteiger partial charge in [0, 0.05) is 18.3 Å². The highest BCUT2D eigenvalue weighted by Crippen LogP contribution is 2.26. The van der Waals surface area contributed by atoms with Crippen molar-refractivity contribution in [2.24, 2.45) is 12.1 Å². The van der Waals surface area contributed by atoms with Crippen molar-refractivity contribution in [1.82, 2.24) is 14.8 Å². The molecule has 3 rings (SSSR count). The molecule has 1 N–H and O–H groups in total. The minimum absolute atomic E-state index is 0.0498. The number of carbonyl (C=O) groups excluding carboxylic acids is 1. The zero-order valence-corrected chi connectivity index (χ0v) is 13.9. The average molecular weight is 345 g/mol. The van der Waals surface area contributed by atoms with Crippen LogP contribution in [0.15, 0.2) is 34.5 Å². The van der Waals surface area contributed by atoms with E-state index in [4.69, 9.17) is 5.11 Å². The largest absolute Gasteiger partial charge is 0.481 e. The van der Waals surface area contributed by atoms with E-state index < -0.39 is 5.97 Å². The molecule has 124 valence electrons. The summed E-state index contributed by atoms with van der Waals surface area (Å²) in [5, 5.41) is 23.0. The summed E-state index contributed by atoms with van der Waals surface area (Å²) in [5.41, 5.74) is 2.31. The Hall–Kier alpha value is -2.68. The lowest BCUT2D eigenvalue weighted by Gasteiger charge is -2.12. The number of nitrogens with zero attached hydrogens (tertiary/aromatic N) is 5. The van der Waals surface area contributed by atoms with Crippen LogP contribution < -0.4 is 5.01 Å². The molecule has 9 heteroatoms. The molecule has 0 saturated heterocycles. The van der Waals surface area contributed by atoms with Crippen molar-refractivity contribution >= 4 is 35.0 Å². The SMILES string of the molecule is CC1=NN(c2ccc(-c3nnc(SCC(=O)O)n3C)cc2)C(=O)C1. The zero-order chi connectivity index (χ0) is 17.3. The van der Waals surface area contributed by atoms with E-state index in [0.717, 1.165) is 23.0 Å². The van der Waals surface area contributed by atoms with E-state index >= 15 is 0 Å². The maximum absolute atomic E-state index is 11.9. The number of hydrogen-bond donors (Lipinski definition) is 1. The third-order valence-corrected chi connectivity index (χ3v) is 4.45. The number of carbonyl (C=O) groups is 2. The molecular weight excluding hydrogens is 330 g/mol. The molecule has 0 radical (unpaired) electrons. The molecule has 0 bridgehead atoms. The summed E-state index contributed by atoms with van der Waals surface area (Å²) in [5.74, 6) is -0.396. The van der Waals surface area contributed by atoms with Crippen LogP contribution in [0.5, 0.6) is 0 Å². The number of amides is 1. The summed E-state index contributed by atoms with van der Waals surface area (Å²) >= 11 is 1.11. The first-order valence-electron chi connectivity index (χ1n) is 7.17. The number of thioether (sulfide) groups is 1. The normalized spacial score (nSPS) is 14.2. The van der Waals surface area contributed by atoms with Crippen molar-refractivity contribution in [1.29, 1.82) is 0 Å². The van der Waals surface area contributed by atoms with Crippen LogP contribution in [0.25, 0.3) is 11.4 Å². The molecule has 1 aromatic carbocycles. The predicted octanol–water partition coefficient (Wildman–Crippen LogP) is 1.77. The number of aliphatic carboxylic acids is 1. The molecule has 1 amide bonds. The quantitative estimate of drug-likeness (QED) is 0.829. The van der Waals surface area contributed by atoms with Crippen molar-refractivity contribution in [2.45, 2.75) is 18.5 Å². The summed E-state index contributed by atoms with van der Waals surface area (Å²) in [6, 6.07) is 7.27. The number of hydrazone groups is 1. The molecule has 0 aliphatic carbocycles. The molecule has 2 heterocycles. The third-order valence-electron chi connectivity index (χ3n) is 3.44. The predicted molar refractivity (Wildman–Crippen MR) is 90.0 cm³/mol. The molecule has 1 aliphatic rings. The number of carboxylic acid groups (broad SMARTS) is 1. The Balaban J connectivity index is 1.81. The van der Waals surface area contributed by atoms with E-state index in [-0.39, 0.29) is 11.7 Å². The number of aromatic nitrogens is 3. The molecule has 2 aromatic rings. The highest BCUT2D eigenvalue weighted by atomic mass is 32.2. The van der Waals surface area contributed by atoms with Gasteiger partial charge in [0.1, 0.15) is 0 Å². The van der Waals surface area contributed by atoms with Gasteiger partial charge in [-0.2, -0.15) is 5.10 Å². The number of rotatable bonds is 5. The van der Waals surface area contributed by atoms with Crippen LogP contribution >= 0.6 is 11.8 Å². The van der Waals surface area contributed by atoms with Crippen molar-refractivity contribution in [3.63, 3.8) is 0 Å². The van der Waals surface area contributed by atoms with Gasteiger partial charge < -0.3 is 9.67 Å². The van der Waals surface area contributed by atoms with Gasteiger partial charge in [-0.25, -0.2) is 5.01 Å². The van der Waals surface area contributed by atoms with Gasteiger partial charge in [-0.05, 0) is 31.2 Å². The molecule has 1 aliphatic heterocycles. The second-order valence-corrected chi connectivity index (χ2v) is 6.25. The van der Waals surface area contributed by atoms with Gasteiger partial charge in [-0.3, -0.25) is 9.59 Å². The Morgan fingerprint density at radius 3 is 2.58 bits per heavy atom. The van der Waals surface area contributed by atoms with Gasteiger partial charge in [0.2, 0.25) is 0 Å². The van der Waals surface area contributed by atoms with Gasteiger partial charge >= 0.3 is 5.97 Å². The summed E-state index contributed by atoms with van der Waals surface area (Å²) in [7, 11) is 1.78. The monoisotopic (exact) mass is 345 g/mol. The zero-order valence-electron chi connectivity index (χ0n) is 13.1. The summed E-state index contributed by atoms with van der Waals surface area (Å²) < 4.78 is 1.74. The Bertz CT molecular complexity index is 828. The Kier molecular flexibility index (Phi) is 4.34. The summed E-state index contributed by atoms with van der Waals surface area (Å²) in [6.07, 6.45) is 0.342. The fraction of sp³-hybridized carbons (Fsp3) is 0.267. The smallest absolute Gasteiger partial charge is 0.313 e. The van der Waals surface area contributed by atoms with Gasteiger partial charge in [-0.1, -0.05) is 11.8 Å². The second-order valence-electron chi connectivity index (χ2n) is 5.31. The van der Waals surface area contributed by atoms with Crippen LogP contribution in [-0.4, -0.2) is 43.2 Å². The van der Waals surface area contributed by atoms with E-state index in [9.17, 15) is 9.59 Å². The van der Waals surface area contributed by atoms with Gasteiger partial charge in [0.05, 0.1) is 17.9 Å². The summed E-state index contributed by atoms with van der Waals surface area (Å²) in [6.45, 7) is 1.82. The van der Waals surface area contributed by atoms with Crippen molar-refractivity contribution in [3.8, 4) is 11.4 Å². The standard InChI is InChI=1S/C15H15N5O3S/c1-9-7-12(21)20(18-9)11-5-3-10(4-6-11)14-16-17-15(19(14)2)24-8-13(22)23/h3-6H,7-8H2,1-2H3,(H,22,23). The van der Waals surface area contributed by atoms with Crippen LogP contribution in [0.2, 0.25) is 0 Å². The molecule has 0 fully saturated rings. The Morgan fingerprint density at radius 2 is 2.00 bits per heavy atom. The van der Waals surface area contributed by atoms with E-state index in [1.165, 1.54) is 5.01 Å². The van der Waals surface area contributed by atoms with Crippen LogP contribution in [0.4, 0.5) is 5.69 Å². The topological polar surface area (TPSA) is 101 Å². The molecule has 8 nitrogen and oxygen atoms in total. The Labute approximate surface area is 142 Å². The maximum atomic E-state index is 11.9. The van der Waals surface area contributed by atoms with Gasteiger partial charge in [0.15, 0.2) is 11.0 Å². The summed E-state index contributed by atoms with van der Waals surface area (Å²) in [4.78, 5) is 22.5. The molecule has 24 heavy (non-hydrogen) atoms. The van der Waals surface area contributed by atoms with Crippen LogP contribution in [0, 0.1) is 0 Å². The van der Waals surface area contributed by atoms with Gasteiger partial charge in [0.25, 0.3) is 5.91 Å². The molecule has 0 unspecified atom stereocenters. The molecule has 1 aromatic heterocycles. The maximum Gasteiger partial charge on any atom is 0.313 e. The highest BCUT2D eigenvalue weighted by molar-refractivity contribution is 7.99. The van der Waals surface area contributed by atoms with Gasteiger partial charge in [-0.15, -0.1) is 10.2 Å². The first kappa shape index (κ1) is 16.2. The minimum atomic E-state index is -0.903. The fourth-order valence-corrected chi connectivity index (χ4v) is 2.96. The van der Waals surface area contributed by atoms with Crippen molar-refractivity contribution in [2.75, 3.05) is 10.8 Å². The van der Waals surface area contributed by atoms with Crippen LogP contribution in [-0.2, 0) is 16.6 Å². The fourth-order valence-electron chi connectivity index (χ4n) is 2.33. The Morgan fingerprint density at radius 1 is 1.29 bits per heavy atom. The number of benzene rings is 1. The lowest BCUT2D eigenvalue weighted by atomic mass is 10.2. The molecule has 0 saturated carbocycles. The number of carboxylic acids is 1. The van der Waals surface area contributed by atoms with E-state index in [0.29, 0.717) is 23.1 Å². The van der Waals surface area contributed by atoms with E-state index in [1.807, 2.05) is 19.1 Å². The van der Waals surface area contributed by atoms with Crippen molar-refractivity contribution in [3.05, 3.63) is 24.3 Å².